The maximum Gasteiger partial charge on any atom is 0.339 e. The van der Waals surface area contributed by atoms with E-state index in [2.05, 4.69) is 60.2 Å². The molecule has 0 atom stereocenters. The maximum absolute atomic E-state index is 12.9. The van der Waals surface area contributed by atoms with Crippen molar-refractivity contribution in [3.8, 4) is 22.4 Å². The molecule has 6 heteroatoms. The minimum atomic E-state index is -0.553. The average Bonchev–Trinajstić information content (AvgIpc) is 3.54. The number of pyridine rings is 1. The molecule has 0 spiro atoms. The van der Waals surface area contributed by atoms with Crippen LogP contribution >= 0.6 is 0 Å². The second-order valence-corrected chi connectivity index (χ2v) is 11.4. The Kier molecular flexibility index (Phi) is 6.91. The summed E-state index contributed by atoms with van der Waals surface area (Å²) in [5.41, 5.74) is 7.98. The van der Waals surface area contributed by atoms with Gasteiger partial charge in [-0.15, -0.1) is 0 Å². The van der Waals surface area contributed by atoms with E-state index < -0.39 is 5.60 Å². The minimum absolute atomic E-state index is 0.312. The monoisotopic (exact) mass is 542 g/mol. The van der Waals surface area contributed by atoms with E-state index in [4.69, 9.17) is 14.7 Å². The highest BCUT2D eigenvalue weighted by molar-refractivity contribution is 5.97. The number of para-hydroxylation sites is 1. The summed E-state index contributed by atoms with van der Waals surface area (Å²) < 4.78 is 10.0. The molecule has 0 aliphatic carbocycles. The van der Waals surface area contributed by atoms with Crippen LogP contribution in [0.5, 0.6) is 0 Å². The van der Waals surface area contributed by atoms with Crippen molar-refractivity contribution >= 4 is 22.6 Å². The van der Waals surface area contributed by atoms with E-state index in [0.717, 1.165) is 57.7 Å². The fourth-order valence-corrected chi connectivity index (χ4v) is 5.28. The van der Waals surface area contributed by atoms with Crippen LogP contribution in [-0.2, 0) is 17.7 Å². The first-order valence-corrected chi connectivity index (χ1v) is 14.1. The Balaban J connectivity index is 1.34. The molecule has 6 nitrogen and oxygen atoms in total. The molecule has 0 amide bonds. The molecule has 0 fully saturated rings. The number of imidazole rings is 2. The molecule has 0 N–H and O–H groups in total. The van der Waals surface area contributed by atoms with Crippen molar-refractivity contribution in [2.45, 2.75) is 52.7 Å². The SMILES string of the molecule is CCCc1nc2c(-c3cn4ccccc4n3)cccc2n1Cc1ccc(-c2ccccc2C(=O)OC(C)(C)C)cc1. The molecule has 3 aromatic carbocycles. The number of aromatic nitrogens is 4. The molecule has 41 heavy (non-hydrogen) atoms. The van der Waals surface area contributed by atoms with Crippen molar-refractivity contribution in [2.75, 3.05) is 0 Å². The number of nitrogens with zero attached hydrogens (tertiary/aromatic N) is 4. The van der Waals surface area contributed by atoms with E-state index in [1.165, 1.54) is 5.56 Å². The summed E-state index contributed by atoms with van der Waals surface area (Å²) in [4.78, 5) is 22.9. The zero-order valence-corrected chi connectivity index (χ0v) is 24.0. The van der Waals surface area contributed by atoms with Crippen LogP contribution in [0, 0.1) is 0 Å². The fourth-order valence-electron chi connectivity index (χ4n) is 5.28. The number of fused-ring (bicyclic) bond motifs is 2. The largest absolute Gasteiger partial charge is 0.456 e. The molecular formula is C35H34N4O2. The Morgan fingerprint density at radius 3 is 2.37 bits per heavy atom. The summed E-state index contributed by atoms with van der Waals surface area (Å²) in [6.07, 6.45) is 5.98. The summed E-state index contributed by atoms with van der Waals surface area (Å²) in [6, 6.07) is 28.4. The van der Waals surface area contributed by atoms with E-state index in [1.54, 1.807) is 0 Å². The van der Waals surface area contributed by atoms with Crippen LogP contribution in [0.25, 0.3) is 39.1 Å². The Morgan fingerprint density at radius 2 is 1.61 bits per heavy atom. The Bertz CT molecular complexity index is 1820. The molecule has 0 bridgehead atoms. The lowest BCUT2D eigenvalue weighted by Gasteiger charge is -2.20. The highest BCUT2D eigenvalue weighted by atomic mass is 16.6. The molecule has 6 rings (SSSR count). The van der Waals surface area contributed by atoms with E-state index >= 15 is 0 Å². The third kappa shape index (κ3) is 5.38. The van der Waals surface area contributed by atoms with Crippen LogP contribution in [0.4, 0.5) is 0 Å². The minimum Gasteiger partial charge on any atom is -0.456 e. The molecule has 0 aliphatic rings. The van der Waals surface area contributed by atoms with Gasteiger partial charge in [-0.3, -0.25) is 0 Å². The van der Waals surface area contributed by atoms with Crippen molar-refractivity contribution in [1.82, 2.24) is 18.9 Å². The zero-order chi connectivity index (χ0) is 28.6. The van der Waals surface area contributed by atoms with Gasteiger partial charge in [-0.1, -0.05) is 67.6 Å². The lowest BCUT2D eigenvalue weighted by molar-refractivity contribution is 0.00704. The van der Waals surface area contributed by atoms with E-state index in [1.807, 2.05) is 73.8 Å². The predicted octanol–water partition coefficient (Wildman–Crippen LogP) is 7.97. The highest BCUT2D eigenvalue weighted by Crippen LogP contribution is 2.31. The number of carbonyl (C=O) groups is 1. The number of aryl methyl sites for hydroxylation is 1. The van der Waals surface area contributed by atoms with E-state index in [0.29, 0.717) is 12.1 Å². The first-order valence-electron chi connectivity index (χ1n) is 14.1. The zero-order valence-electron chi connectivity index (χ0n) is 24.0. The Labute approximate surface area is 240 Å². The number of ether oxygens (including phenoxy) is 1. The summed E-state index contributed by atoms with van der Waals surface area (Å²) in [6.45, 7) is 8.54. The van der Waals surface area contributed by atoms with Gasteiger partial charge in [0.2, 0.25) is 0 Å². The Hall–Kier alpha value is -4.71. The van der Waals surface area contributed by atoms with Crippen molar-refractivity contribution in [2.24, 2.45) is 0 Å². The maximum atomic E-state index is 12.9. The first kappa shape index (κ1) is 26.5. The van der Waals surface area contributed by atoms with Gasteiger partial charge in [0.1, 0.15) is 17.1 Å². The fraction of sp³-hybridized carbons (Fsp3) is 0.229. The van der Waals surface area contributed by atoms with Gasteiger partial charge < -0.3 is 13.7 Å². The third-order valence-electron chi connectivity index (χ3n) is 7.12. The molecule has 0 radical (unpaired) electrons. The molecule has 0 aliphatic heterocycles. The standard InChI is InChI=1S/C35H34N4O2/c1-5-11-32-37-33-28(29-23-38-21-9-8-16-31(38)36-29)14-10-15-30(33)39(32)22-24-17-19-25(20-18-24)26-12-6-7-13-27(26)34(40)41-35(2,3)4/h6-10,12-21,23H,5,11,22H2,1-4H3. The van der Waals surface area contributed by atoms with Crippen molar-refractivity contribution < 1.29 is 9.53 Å². The molecule has 0 saturated carbocycles. The lowest BCUT2D eigenvalue weighted by Crippen LogP contribution is -2.24. The topological polar surface area (TPSA) is 61.4 Å². The molecule has 206 valence electrons. The van der Waals surface area contributed by atoms with Crippen LogP contribution in [0.3, 0.4) is 0 Å². The Morgan fingerprint density at radius 1 is 0.854 bits per heavy atom. The number of rotatable bonds is 7. The summed E-state index contributed by atoms with van der Waals surface area (Å²) in [5, 5.41) is 0. The first-order chi connectivity index (χ1) is 19.8. The molecule has 0 unspecified atom stereocenters. The van der Waals surface area contributed by atoms with Crippen LogP contribution in [0.2, 0.25) is 0 Å². The van der Waals surface area contributed by atoms with Gasteiger partial charge in [0.15, 0.2) is 0 Å². The van der Waals surface area contributed by atoms with Crippen LogP contribution in [0.1, 0.15) is 55.9 Å². The lowest BCUT2D eigenvalue weighted by atomic mass is 9.98. The number of carbonyl (C=O) groups excluding carboxylic acids is 1. The molecule has 3 heterocycles. The highest BCUT2D eigenvalue weighted by Gasteiger charge is 2.21. The summed E-state index contributed by atoms with van der Waals surface area (Å²) in [5.74, 6) is 0.755. The van der Waals surface area contributed by atoms with Gasteiger partial charge >= 0.3 is 5.97 Å². The van der Waals surface area contributed by atoms with Crippen molar-refractivity contribution in [3.05, 3.63) is 114 Å². The van der Waals surface area contributed by atoms with Gasteiger partial charge in [0.05, 0.1) is 22.3 Å². The van der Waals surface area contributed by atoms with Gasteiger partial charge in [-0.2, -0.15) is 0 Å². The molecular weight excluding hydrogens is 508 g/mol. The molecule has 6 aromatic rings. The summed E-state index contributed by atoms with van der Waals surface area (Å²) >= 11 is 0. The van der Waals surface area contributed by atoms with Gasteiger partial charge in [0.25, 0.3) is 0 Å². The quantitative estimate of drug-likeness (QED) is 0.192. The summed E-state index contributed by atoms with van der Waals surface area (Å²) in [7, 11) is 0. The van der Waals surface area contributed by atoms with Crippen LogP contribution in [0.15, 0.2) is 97.3 Å². The number of benzene rings is 3. The van der Waals surface area contributed by atoms with Crippen molar-refractivity contribution in [3.63, 3.8) is 0 Å². The number of esters is 1. The van der Waals surface area contributed by atoms with Crippen LogP contribution in [-0.4, -0.2) is 30.5 Å². The smallest absolute Gasteiger partial charge is 0.339 e. The van der Waals surface area contributed by atoms with Gasteiger partial charge in [0, 0.05) is 30.9 Å². The number of hydrogen-bond donors (Lipinski definition) is 0. The average molecular weight is 543 g/mol. The van der Waals surface area contributed by atoms with E-state index in [-0.39, 0.29) is 5.97 Å². The van der Waals surface area contributed by atoms with Gasteiger partial charge in [-0.05, 0) is 68.1 Å². The molecule has 3 aromatic heterocycles. The van der Waals surface area contributed by atoms with Crippen molar-refractivity contribution in [1.29, 1.82) is 0 Å². The normalized spacial score (nSPS) is 11.8. The molecule has 0 saturated heterocycles. The second-order valence-electron chi connectivity index (χ2n) is 11.4. The predicted molar refractivity (Wildman–Crippen MR) is 164 cm³/mol. The second kappa shape index (κ2) is 10.7. The van der Waals surface area contributed by atoms with Gasteiger partial charge in [-0.25, -0.2) is 14.8 Å². The third-order valence-corrected chi connectivity index (χ3v) is 7.12. The van der Waals surface area contributed by atoms with Crippen LogP contribution < -0.4 is 0 Å². The number of hydrogen-bond acceptors (Lipinski definition) is 4. The van der Waals surface area contributed by atoms with E-state index in [9.17, 15) is 4.79 Å².